The predicted octanol–water partition coefficient (Wildman–Crippen LogP) is 1.28. The van der Waals surface area contributed by atoms with Crippen LogP contribution in [0.2, 0.25) is 0 Å². The summed E-state index contributed by atoms with van der Waals surface area (Å²) in [5, 5.41) is 14.4. The molecule has 0 unspecified atom stereocenters. The molecule has 0 radical (unpaired) electrons. The first-order valence-electron chi connectivity index (χ1n) is 7.39. The molecule has 1 heterocycles. The van der Waals surface area contributed by atoms with Gasteiger partial charge in [-0.05, 0) is 12.3 Å². The largest absolute Gasteiger partial charge is 0.480 e. The highest BCUT2D eigenvalue weighted by Gasteiger charge is 2.21. The van der Waals surface area contributed by atoms with Crippen LogP contribution in [0.4, 0.5) is 4.79 Å². The van der Waals surface area contributed by atoms with E-state index in [1.807, 2.05) is 0 Å². The molecule has 0 saturated heterocycles. The first kappa shape index (κ1) is 15.3. The van der Waals surface area contributed by atoms with E-state index < -0.39 is 18.0 Å². The number of carboxylic acids is 1. The smallest absolute Gasteiger partial charge is 0.326 e. The van der Waals surface area contributed by atoms with Crippen LogP contribution in [0.25, 0.3) is 0 Å². The lowest BCUT2D eigenvalue weighted by Gasteiger charge is -2.15. The van der Waals surface area contributed by atoms with Gasteiger partial charge in [0.1, 0.15) is 6.04 Å². The van der Waals surface area contributed by atoms with E-state index in [-0.39, 0.29) is 6.42 Å². The Morgan fingerprint density at radius 1 is 1.43 bits per heavy atom. The van der Waals surface area contributed by atoms with Crippen LogP contribution in [-0.4, -0.2) is 39.7 Å². The van der Waals surface area contributed by atoms with Gasteiger partial charge in [-0.15, -0.1) is 0 Å². The van der Waals surface area contributed by atoms with E-state index in [1.54, 1.807) is 6.20 Å². The number of aliphatic carboxylic acids is 1. The van der Waals surface area contributed by atoms with E-state index in [0.717, 1.165) is 6.42 Å². The van der Waals surface area contributed by atoms with Crippen LogP contribution in [0.15, 0.2) is 12.5 Å². The van der Waals surface area contributed by atoms with Gasteiger partial charge in [-0.1, -0.05) is 25.7 Å². The van der Waals surface area contributed by atoms with Crippen molar-refractivity contribution >= 4 is 12.0 Å². The maximum absolute atomic E-state index is 11.7. The summed E-state index contributed by atoms with van der Waals surface area (Å²) in [6.07, 6.45) is 9.22. The van der Waals surface area contributed by atoms with Crippen LogP contribution in [0.3, 0.4) is 0 Å². The van der Waals surface area contributed by atoms with Crippen LogP contribution in [0.1, 0.15) is 37.8 Å². The van der Waals surface area contributed by atoms with Gasteiger partial charge in [0.2, 0.25) is 0 Å². The molecule has 1 atom stereocenters. The number of nitrogens with one attached hydrogen (secondary N) is 3. The number of carboxylic acid groups (broad SMARTS) is 1. The number of imidazole rings is 1. The summed E-state index contributed by atoms with van der Waals surface area (Å²) in [5.41, 5.74) is 0.675. The quantitative estimate of drug-likeness (QED) is 0.607. The minimum Gasteiger partial charge on any atom is -0.480 e. The van der Waals surface area contributed by atoms with Crippen LogP contribution >= 0.6 is 0 Å². The molecule has 0 aromatic carbocycles. The van der Waals surface area contributed by atoms with E-state index in [9.17, 15) is 9.59 Å². The molecule has 0 aliphatic heterocycles. The van der Waals surface area contributed by atoms with Crippen molar-refractivity contribution in [1.29, 1.82) is 0 Å². The lowest BCUT2D eigenvalue weighted by molar-refractivity contribution is -0.139. The molecule has 2 rings (SSSR count). The normalized spacial score (nSPS) is 16.6. The first-order valence-corrected chi connectivity index (χ1v) is 7.39. The number of urea groups is 1. The van der Waals surface area contributed by atoms with Crippen molar-refractivity contribution in [3.8, 4) is 0 Å². The minimum atomic E-state index is -1.06. The fourth-order valence-corrected chi connectivity index (χ4v) is 2.71. The maximum atomic E-state index is 11.7. The van der Waals surface area contributed by atoms with Gasteiger partial charge < -0.3 is 20.7 Å². The number of amides is 2. The maximum Gasteiger partial charge on any atom is 0.326 e. The highest BCUT2D eigenvalue weighted by atomic mass is 16.4. The molecule has 0 bridgehead atoms. The average molecular weight is 294 g/mol. The lowest BCUT2D eigenvalue weighted by Crippen LogP contribution is -2.47. The zero-order valence-electron chi connectivity index (χ0n) is 12.0. The second kappa shape index (κ2) is 7.66. The van der Waals surface area contributed by atoms with E-state index in [4.69, 9.17) is 5.11 Å². The van der Waals surface area contributed by atoms with E-state index in [1.165, 1.54) is 32.0 Å². The molecular weight excluding hydrogens is 272 g/mol. The van der Waals surface area contributed by atoms with Crippen LogP contribution < -0.4 is 10.6 Å². The molecule has 2 amide bonds. The molecule has 1 aliphatic carbocycles. The Balaban J connectivity index is 1.71. The first-order chi connectivity index (χ1) is 10.1. The Morgan fingerprint density at radius 2 is 2.19 bits per heavy atom. The molecule has 1 aliphatic rings. The third kappa shape index (κ3) is 5.09. The molecule has 1 fully saturated rings. The number of carbonyl (C=O) groups excluding carboxylic acids is 1. The molecule has 0 spiro atoms. The number of aromatic nitrogens is 2. The average Bonchev–Trinajstić information content (AvgIpc) is 3.10. The second-order valence-corrected chi connectivity index (χ2v) is 5.51. The van der Waals surface area contributed by atoms with Crippen molar-refractivity contribution < 1.29 is 14.7 Å². The summed E-state index contributed by atoms with van der Waals surface area (Å²) in [6.45, 7) is 0.590. The number of aromatic amines is 1. The number of nitrogens with zero attached hydrogens (tertiary/aromatic N) is 1. The van der Waals surface area contributed by atoms with Gasteiger partial charge in [0.15, 0.2) is 0 Å². The molecule has 7 heteroatoms. The molecular formula is C14H22N4O3. The van der Waals surface area contributed by atoms with E-state index in [0.29, 0.717) is 18.2 Å². The van der Waals surface area contributed by atoms with Gasteiger partial charge in [0.05, 0.1) is 6.33 Å². The SMILES string of the molecule is O=C(NCCC1CCCC1)N[C@H](Cc1cnc[nH]1)C(=O)O. The molecule has 116 valence electrons. The van der Waals surface area contributed by atoms with E-state index in [2.05, 4.69) is 20.6 Å². The van der Waals surface area contributed by atoms with Gasteiger partial charge in [-0.25, -0.2) is 14.6 Å². The number of hydrogen-bond donors (Lipinski definition) is 4. The Kier molecular flexibility index (Phi) is 5.59. The van der Waals surface area contributed by atoms with Gasteiger partial charge >= 0.3 is 12.0 Å². The Bertz CT molecular complexity index is 455. The molecule has 4 N–H and O–H groups in total. The highest BCUT2D eigenvalue weighted by Crippen LogP contribution is 2.26. The fraction of sp³-hybridized carbons (Fsp3) is 0.643. The Morgan fingerprint density at radius 3 is 2.81 bits per heavy atom. The summed E-state index contributed by atoms with van der Waals surface area (Å²) >= 11 is 0. The molecule has 1 aromatic heterocycles. The summed E-state index contributed by atoms with van der Waals surface area (Å²) in [6, 6.07) is -1.39. The molecule has 7 nitrogen and oxygen atoms in total. The standard InChI is InChI=1S/C14H22N4O3/c19-13(20)12(7-11-8-15-9-17-11)18-14(21)16-6-5-10-3-1-2-4-10/h8-10,12H,1-7H2,(H,15,17)(H,19,20)(H2,16,18,21)/t12-/m1/s1. The van der Waals surface area contributed by atoms with Crippen molar-refractivity contribution in [3.63, 3.8) is 0 Å². The third-order valence-corrected chi connectivity index (χ3v) is 3.90. The number of H-pyrrole nitrogens is 1. The lowest BCUT2D eigenvalue weighted by atomic mass is 10.0. The highest BCUT2D eigenvalue weighted by molar-refractivity contribution is 5.82. The number of rotatable bonds is 7. The topological polar surface area (TPSA) is 107 Å². The van der Waals surface area contributed by atoms with Crippen molar-refractivity contribution in [1.82, 2.24) is 20.6 Å². The van der Waals surface area contributed by atoms with Crippen molar-refractivity contribution in [2.24, 2.45) is 5.92 Å². The summed E-state index contributed by atoms with van der Waals surface area (Å²) < 4.78 is 0. The zero-order valence-corrected chi connectivity index (χ0v) is 12.0. The number of carbonyl (C=O) groups is 2. The fourth-order valence-electron chi connectivity index (χ4n) is 2.71. The van der Waals surface area contributed by atoms with Gasteiger partial charge in [0, 0.05) is 24.9 Å². The van der Waals surface area contributed by atoms with Crippen molar-refractivity contribution in [2.75, 3.05) is 6.54 Å². The Hall–Kier alpha value is -2.05. The summed E-state index contributed by atoms with van der Waals surface area (Å²) in [4.78, 5) is 29.6. The monoisotopic (exact) mass is 294 g/mol. The van der Waals surface area contributed by atoms with Crippen LogP contribution in [0.5, 0.6) is 0 Å². The van der Waals surface area contributed by atoms with Gasteiger partial charge in [-0.3, -0.25) is 0 Å². The Labute approximate surface area is 123 Å². The molecule has 1 saturated carbocycles. The predicted molar refractivity (Wildman–Crippen MR) is 76.8 cm³/mol. The van der Waals surface area contributed by atoms with Gasteiger partial charge in [-0.2, -0.15) is 0 Å². The van der Waals surface area contributed by atoms with Crippen LogP contribution in [-0.2, 0) is 11.2 Å². The van der Waals surface area contributed by atoms with Crippen molar-refractivity contribution in [2.45, 2.75) is 44.6 Å². The van der Waals surface area contributed by atoms with E-state index >= 15 is 0 Å². The van der Waals surface area contributed by atoms with Crippen molar-refractivity contribution in [3.05, 3.63) is 18.2 Å². The minimum absolute atomic E-state index is 0.186. The second-order valence-electron chi connectivity index (χ2n) is 5.51. The number of hydrogen-bond acceptors (Lipinski definition) is 3. The molecule has 21 heavy (non-hydrogen) atoms. The third-order valence-electron chi connectivity index (χ3n) is 3.90. The zero-order chi connectivity index (χ0) is 15.1. The molecule has 1 aromatic rings. The summed E-state index contributed by atoms with van der Waals surface area (Å²) in [7, 11) is 0. The van der Waals surface area contributed by atoms with Crippen LogP contribution in [0, 0.1) is 5.92 Å². The van der Waals surface area contributed by atoms with Gasteiger partial charge in [0.25, 0.3) is 0 Å². The summed E-state index contributed by atoms with van der Waals surface area (Å²) in [5.74, 6) is -0.360.